The highest BCUT2D eigenvalue weighted by molar-refractivity contribution is 6.42. The summed E-state index contributed by atoms with van der Waals surface area (Å²) in [5.41, 5.74) is 0.720. The number of aromatic nitrogens is 2. The van der Waals surface area contributed by atoms with Crippen LogP contribution in [0.5, 0.6) is 0 Å². The van der Waals surface area contributed by atoms with Crippen LogP contribution >= 0.6 is 23.2 Å². The van der Waals surface area contributed by atoms with E-state index in [9.17, 15) is 4.79 Å². The Morgan fingerprint density at radius 2 is 2.05 bits per heavy atom. The first-order chi connectivity index (χ1) is 9.65. The molecule has 0 spiro atoms. The molecule has 1 saturated carbocycles. The van der Waals surface area contributed by atoms with Crippen LogP contribution in [0, 0.1) is 0 Å². The first kappa shape index (κ1) is 13.6. The van der Waals surface area contributed by atoms with Gasteiger partial charge in [0.25, 0.3) is 0 Å². The molecule has 0 N–H and O–H groups in total. The summed E-state index contributed by atoms with van der Waals surface area (Å²) in [6, 6.07) is 5.13. The van der Waals surface area contributed by atoms with Gasteiger partial charge in [0.2, 0.25) is 11.7 Å². The molecule has 104 valence electrons. The van der Waals surface area contributed by atoms with E-state index in [4.69, 9.17) is 27.7 Å². The SMILES string of the molecule is O=C1CCCCC1c1nc(-c2ccc(Cl)c(Cl)c2)no1. The molecule has 0 amide bonds. The lowest BCUT2D eigenvalue weighted by Crippen LogP contribution is -2.17. The number of hydrogen-bond acceptors (Lipinski definition) is 4. The zero-order valence-electron chi connectivity index (χ0n) is 10.6. The maximum atomic E-state index is 11.9. The summed E-state index contributed by atoms with van der Waals surface area (Å²) in [6.45, 7) is 0. The number of halogens is 2. The molecule has 1 aliphatic rings. The number of carbonyl (C=O) groups excluding carboxylic acids is 1. The number of hydrogen-bond donors (Lipinski definition) is 0. The molecule has 1 fully saturated rings. The summed E-state index contributed by atoms with van der Waals surface area (Å²) < 4.78 is 5.24. The van der Waals surface area contributed by atoms with Crippen LogP contribution in [0.2, 0.25) is 10.0 Å². The van der Waals surface area contributed by atoms with Gasteiger partial charge in [0.1, 0.15) is 5.78 Å². The highest BCUT2D eigenvalue weighted by Crippen LogP contribution is 2.31. The predicted molar refractivity (Wildman–Crippen MR) is 76.0 cm³/mol. The smallest absolute Gasteiger partial charge is 0.237 e. The summed E-state index contributed by atoms with van der Waals surface area (Å²) in [5, 5.41) is 4.83. The number of rotatable bonds is 2. The third-order valence-corrected chi connectivity index (χ3v) is 4.21. The lowest BCUT2D eigenvalue weighted by atomic mass is 9.88. The fraction of sp³-hybridized carbons (Fsp3) is 0.357. The number of Topliss-reactive ketones (excluding diaryl/α,β-unsaturated/α-hetero) is 1. The third kappa shape index (κ3) is 2.58. The molecule has 20 heavy (non-hydrogen) atoms. The van der Waals surface area contributed by atoms with Gasteiger partial charge in [0.15, 0.2) is 0 Å². The zero-order chi connectivity index (χ0) is 14.1. The molecule has 1 unspecified atom stereocenters. The first-order valence-corrected chi connectivity index (χ1v) is 7.22. The fourth-order valence-corrected chi connectivity index (χ4v) is 2.67. The Morgan fingerprint density at radius 3 is 2.80 bits per heavy atom. The quantitative estimate of drug-likeness (QED) is 0.831. The standard InChI is InChI=1S/C14H12Cl2N2O2/c15-10-6-5-8(7-11(10)16)13-17-14(20-18-13)9-3-1-2-4-12(9)19/h5-7,9H,1-4H2. The Morgan fingerprint density at radius 1 is 1.20 bits per heavy atom. The van der Waals surface area contributed by atoms with Gasteiger partial charge >= 0.3 is 0 Å². The van der Waals surface area contributed by atoms with Gasteiger partial charge in [-0.1, -0.05) is 34.8 Å². The molecule has 3 rings (SSSR count). The maximum absolute atomic E-state index is 11.9. The van der Waals surface area contributed by atoms with E-state index in [-0.39, 0.29) is 11.7 Å². The van der Waals surface area contributed by atoms with Crippen LogP contribution in [0.15, 0.2) is 22.7 Å². The number of ketones is 1. The van der Waals surface area contributed by atoms with E-state index < -0.39 is 0 Å². The van der Waals surface area contributed by atoms with Crippen LogP contribution in [-0.4, -0.2) is 15.9 Å². The Kier molecular flexibility index (Phi) is 3.76. The van der Waals surface area contributed by atoms with E-state index in [1.54, 1.807) is 18.2 Å². The summed E-state index contributed by atoms with van der Waals surface area (Å²) in [6.07, 6.45) is 3.33. The minimum absolute atomic E-state index is 0.181. The van der Waals surface area contributed by atoms with E-state index in [0.717, 1.165) is 24.8 Å². The normalized spacial score (nSPS) is 19.3. The molecule has 1 atom stereocenters. The van der Waals surface area contributed by atoms with Crippen LogP contribution in [0.25, 0.3) is 11.4 Å². The van der Waals surface area contributed by atoms with Crippen molar-refractivity contribution < 1.29 is 9.32 Å². The first-order valence-electron chi connectivity index (χ1n) is 6.47. The van der Waals surface area contributed by atoms with Crippen molar-refractivity contribution in [2.45, 2.75) is 31.6 Å². The molecular formula is C14H12Cl2N2O2. The van der Waals surface area contributed by atoms with Crippen molar-refractivity contribution in [1.82, 2.24) is 10.1 Å². The number of nitrogens with zero attached hydrogens (tertiary/aromatic N) is 2. The summed E-state index contributed by atoms with van der Waals surface area (Å²) in [7, 11) is 0. The topological polar surface area (TPSA) is 56.0 Å². The van der Waals surface area contributed by atoms with Gasteiger partial charge < -0.3 is 4.52 Å². The largest absolute Gasteiger partial charge is 0.338 e. The zero-order valence-corrected chi connectivity index (χ0v) is 12.1. The lowest BCUT2D eigenvalue weighted by molar-refractivity contribution is -0.122. The van der Waals surface area contributed by atoms with Crippen molar-refractivity contribution in [3.05, 3.63) is 34.1 Å². The minimum Gasteiger partial charge on any atom is -0.338 e. The molecule has 1 aromatic heterocycles. The fourth-order valence-electron chi connectivity index (χ4n) is 2.37. The van der Waals surface area contributed by atoms with Gasteiger partial charge in [-0.25, -0.2) is 0 Å². The van der Waals surface area contributed by atoms with Crippen molar-refractivity contribution in [1.29, 1.82) is 0 Å². The Bertz CT molecular complexity index is 654. The molecule has 0 saturated heterocycles. The monoisotopic (exact) mass is 310 g/mol. The van der Waals surface area contributed by atoms with E-state index in [1.807, 2.05) is 0 Å². The molecule has 0 radical (unpaired) electrons. The Balaban J connectivity index is 1.89. The van der Waals surface area contributed by atoms with E-state index in [0.29, 0.717) is 28.2 Å². The number of carbonyl (C=O) groups is 1. The van der Waals surface area contributed by atoms with E-state index in [1.165, 1.54) is 0 Å². The van der Waals surface area contributed by atoms with Gasteiger partial charge in [-0.05, 0) is 31.0 Å². The molecule has 0 aliphatic heterocycles. The van der Waals surface area contributed by atoms with Gasteiger partial charge in [-0.15, -0.1) is 0 Å². The second kappa shape index (κ2) is 5.54. The Labute approximate surface area is 126 Å². The van der Waals surface area contributed by atoms with E-state index >= 15 is 0 Å². The second-order valence-corrected chi connectivity index (χ2v) is 5.66. The average molecular weight is 311 g/mol. The van der Waals surface area contributed by atoms with Crippen LogP contribution < -0.4 is 0 Å². The molecule has 6 heteroatoms. The van der Waals surface area contributed by atoms with Crippen molar-refractivity contribution in [3.63, 3.8) is 0 Å². The molecule has 4 nitrogen and oxygen atoms in total. The molecule has 1 aromatic carbocycles. The van der Waals surface area contributed by atoms with Gasteiger partial charge in [0, 0.05) is 12.0 Å². The molecule has 1 heterocycles. The van der Waals surface area contributed by atoms with Crippen LogP contribution in [-0.2, 0) is 4.79 Å². The lowest BCUT2D eigenvalue weighted by Gasteiger charge is -2.16. The van der Waals surface area contributed by atoms with Crippen molar-refractivity contribution in [2.24, 2.45) is 0 Å². The van der Waals surface area contributed by atoms with Crippen molar-refractivity contribution in [2.75, 3.05) is 0 Å². The van der Waals surface area contributed by atoms with Gasteiger partial charge in [-0.3, -0.25) is 4.79 Å². The van der Waals surface area contributed by atoms with Crippen LogP contribution in [0.1, 0.15) is 37.5 Å². The van der Waals surface area contributed by atoms with Crippen molar-refractivity contribution >= 4 is 29.0 Å². The third-order valence-electron chi connectivity index (χ3n) is 3.47. The van der Waals surface area contributed by atoms with Crippen LogP contribution in [0.4, 0.5) is 0 Å². The average Bonchev–Trinajstić information content (AvgIpc) is 2.92. The van der Waals surface area contributed by atoms with Crippen molar-refractivity contribution in [3.8, 4) is 11.4 Å². The van der Waals surface area contributed by atoms with Gasteiger partial charge in [-0.2, -0.15) is 4.98 Å². The minimum atomic E-state index is -0.257. The highest BCUT2D eigenvalue weighted by Gasteiger charge is 2.29. The summed E-state index contributed by atoms with van der Waals surface area (Å²) in [4.78, 5) is 16.2. The second-order valence-electron chi connectivity index (χ2n) is 4.85. The maximum Gasteiger partial charge on any atom is 0.237 e. The summed E-state index contributed by atoms with van der Waals surface area (Å²) in [5.74, 6) is 0.751. The molecule has 1 aliphatic carbocycles. The Hall–Kier alpha value is -1.39. The van der Waals surface area contributed by atoms with Gasteiger partial charge in [0.05, 0.1) is 16.0 Å². The molecule has 2 aromatic rings. The van der Waals surface area contributed by atoms with Crippen LogP contribution in [0.3, 0.4) is 0 Å². The molecule has 0 bridgehead atoms. The molecular weight excluding hydrogens is 299 g/mol. The highest BCUT2D eigenvalue weighted by atomic mass is 35.5. The van der Waals surface area contributed by atoms with E-state index in [2.05, 4.69) is 10.1 Å². The predicted octanol–water partition coefficient (Wildman–Crippen LogP) is 4.27. The summed E-state index contributed by atoms with van der Waals surface area (Å²) >= 11 is 11.8. The number of benzene rings is 1.